The minimum absolute atomic E-state index is 0. The van der Waals surface area contributed by atoms with Crippen molar-refractivity contribution < 1.29 is 9.18 Å². The van der Waals surface area contributed by atoms with Crippen molar-refractivity contribution in [3.05, 3.63) is 41.5 Å². The highest BCUT2D eigenvalue weighted by molar-refractivity contribution is 5.85. The number of hydrogen-bond acceptors (Lipinski definition) is 5. The SMILES string of the molecule is CC(C)(C)n1nnc(CC(=O)N2CC(N)C(c3ccccc3F)C2)n1.Cl. The van der Waals surface area contributed by atoms with E-state index in [0.29, 0.717) is 24.5 Å². The minimum Gasteiger partial charge on any atom is -0.340 e. The summed E-state index contributed by atoms with van der Waals surface area (Å²) in [5.41, 5.74) is 6.42. The molecule has 1 fully saturated rings. The molecule has 2 unspecified atom stereocenters. The number of nitrogens with zero attached hydrogens (tertiary/aromatic N) is 5. The monoisotopic (exact) mass is 382 g/mol. The van der Waals surface area contributed by atoms with Crippen molar-refractivity contribution >= 4 is 18.3 Å². The highest BCUT2D eigenvalue weighted by Gasteiger charge is 2.35. The summed E-state index contributed by atoms with van der Waals surface area (Å²) in [7, 11) is 0. The molecule has 7 nitrogen and oxygen atoms in total. The fourth-order valence-corrected chi connectivity index (χ4v) is 2.98. The molecule has 1 aliphatic heterocycles. The van der Waals surface area contributed by atoms with Crippen molar-refractivity contribution in [2.75, 3.05) is 13.1 Å². The lowest BCUT2D eigenvalue weighted by atomic mass is 9.94. The molecule has 2 N–H and O–H groups in total. The fraction of sp³-hybridized carbons (Fsp3) is 0.529. The molecule has 2 atom stereocenters. The van der Waals surface area contributed by atoms with Crippen LogP contribution in [0.15, 0.2) is 24.3 Å². The van der Waals surface area contributed by atoms with Gasteiger partial charge in [0.2, 0.25) is 5.91 Å². The van der Waals surface area contributed by atoms with Crippen molar-refractivity contribution in [3.8, 4) is 0 Å². The topological polar surface area (TPSA) is 89.9 Å². The van der Waals surface area contributed by atoms with Crippen LogP contribution in [0.3, 0.4) is 0 Å². The van der Waals surface area contributed by atoms with Crippen LogP contribution in [0.4, 0.5) is 4.39 Å². The molecule has 3 rings (SSSR count). The normalized spacial score (nSPS) is 20.1. The highest BCUT2D eigenvalue weighted by Crippen LogP contribution is 2.28. The Morgan fingerprint density at radius 3 is 2.62 bits per heavy atom. The number of aromatic nitrogens is 4. The van der Waals surface area contributed by atoms with Crippen molar-refractivity contribution in [1.82, 2.24) is 25.1 Å². The fourth-order valence-electron chi connectivity index (χ4n) is 2.98. The maximum absolute atomic E-state index is 14.0. The minimum atomic E-state index is -0.293. The Hall–Kier alpha value is -2.06. The van der Waals surface area contributed by atoms with Gasteiger partial charge in [0.05, 0.1) is 12.0 Å². The van der Waals surface area contributed by atoms with E-state index >= 15 is 0 Å². The van der Waals surface area contributed by atoms with Gasteiger partial charge in [-0.15, -0.1) is 22.6 Å². The molecule has 2 heterocycles. The van der Waals surface area contributed by atoms with Gasteiger partial charge in [0.1, 0.15) is 5.82 Å². The number of rotatable bonds is 3. The molecule has 1 aliphatic rings. The molecule has 1 saturated heterocycles. The molecule has 0 spiro atoms. The summed E-state index contributed by atoms with van der Waals surface area (Å²) in [6.45, 7) is 6.66. The van der Waals surface area contributed by atoms with Gasteiger partial charge < -0.3 is 10.6 Å². The number of tetrazole rings is 1. The van der Waals surface area contributed by atoms with E-state index in [9.17, 15) is 9.18 Å². The zero-order valence-corrected chi connectivity index (χ0v) is 15.9. The first-order valence-electron chi connectivity index (χ1n) is 8.33. The van der Waals surface area contributed by atoms with E-state index in [1.807, 2.05) is 20.8 Å². The van der Waals surface area contributed by atoms with Gasteiger partial charge in [0.15, 0.2) is 5.82 Å². The Balaban J connectivity index is 0.00000243. The number of likely N-dealkylation sites (tertiary alicyclic amines) is 1. The van der Waals surface area contributed by atoms with Crippen molar-refractivity contribution in [2.24, 2.45) is 5.73 Å². The average molecular weight is 383 g/mol. The van der Waals surface area contributed by atoms with Crippen molar-refractivity contribution in [3.63, 3.8) is 0 Å². The summed E-state index contributed by atoms with van der Waals surface area (Å²) in [5, 5.41) is 12.2. The molecule has 0 bridgehead atoms. The molecule has 26 heavy (non-hydrogen) atoms. The second-order valence-corrected chi connectivity index (χ2v) is 7.43. The van der Waals surface area contributed by atoms with Gasteiger partial charge in [-0.2, -0.15) is 4.80 Å². The quantitative estimate of drug-likeness (QED) is 0.868. The smallest absolute Gasteiger partial charge is 0.230 e. The Morgan fingerprint density at radius 1 is 1.31 bits per heavy atom. The van der Waals surface area contributed by atoms with Crippen LogP contribution in [0, 0.1) is 5.82 Å². The lowest BCUT2D eigenvalue weighted by Gasteiger charge is -2.16. The Labute approximate surface area is 158 Å². The molecular weight excluding hydrogens is 359 g/mol. The summed E-state index contributed by atoms with van der Waals surface area (Å²) < 4.78 is 14.0. The molecule has 2 aromatic rings. The summed E-state index contributed by atoms with van der Waals surface area (Å²) in [4.78, 5) is 15.7. The third-order valence-corrected chi connectivity index (χ3v) is 4.39. The van der Waals surface area contributed by atoms with Crippen molar-refractivity contribution in [2.45, 2.75) is 44.7 Å². The number of amides is 1. The summed E-state index contributed by atoms with van der Waals surface area (Å²) >= 11 is 0. The van der Waals surface area contributed by atoms with E-state index < -0.39 is 0 Å². The van der Waals surface area contributed by atoms with E-state index in [1.54, 1.807) is 23.1 Å². The Bertz CT molecular complexity index is 775. The van der Waals surface area contributed by atoms with Crippen LogP contribution in [-0.4, -0.2) is 50.1 Å². The van der Waals surface area contributed by atoms with Crippen LogP contribution in [-0.2, 0) is 16.8 Å². The van der Waals surface area contributed by atoms with Crippen LogP contribution >= 0.6 is 12.4 Å². The van der Waals surface area contributed by atoms with Crippen LogP contribution in [0.5, 0.6) is 0 Å². The second-order valence-electron chi connectivity index (χ2n) is 7.43. The van der Waals surface area contributed by atoms with E-state index in [4.69, 9.17) is 5.73 Å². The van der Waals surface area contributed by atoms with Gasteiger partial charge >= 0.3 is 0 Å². The number of carbonyl (C=O) groups excluding carboxylic acids is 1. The number of carbonyl (C=O) groups is 1. The predicted molar refractivity (Wildman–Crippen MR) is 97.5 cm³/mol. The molecular formula is C17H24ClFN6O. The summed E-state index contributed by atoms with van der Waals surface area (Å²) in [5.74, 6) is -0.235. The average Bonchev–Trinajstić information content (AvgIpc) is 3.14. The molecule has 0 saturated carbocycles. The van der Waals surface area contributed by atoms with E-state index in [1.165, 1.54) is 10.9 Å². The summed E-state index contributed by atoms with van der Waals surface area (Å²) in [6.07, 6.45) is 0.0623. The number of halogens is 2. The Kier molecular flexibility index (Phi) is 5.98. The predicted octanol–water partition coefficient (Wildman–Crippen LogP) is 1.48. The van der Waals surface area contributed by atoms with Gasteiger partial charge in [-0.1, -0.05) is 18.2 Å². The molecule has 0 radical (unpaired) electrons. The first-order chi connectivity index (χ1) is 11.8. The van der Waals surface area contributed by atoms with Crippen molar-refractivity contribution in [1.29, 1.82) is 0 Å². The molecule has 1 aromatic heterocycles. The van der Waals surface area contributed by atoms with Gasteiger partial charge in [0.25, 0.3) is 0 Å². The maximum Gasteiger partial charge on any atom is 0.230 e. The van der Waals surface area contributed by atoms with Crippen LogP contribution in [0.25, 0.3) is 0 Å². The second kappa shape index (κ2) is 7.67. The van der Waals surface area contributed by atoms with Crippen LogP contribution in [0.1, 0.15) is 38.1 Å². The first-order valence-corrected chi connectivity index (χ1v) is 8.33. The lowest BCUT2D eigenvalue weighted by molar-refractivity contribution is -0.129. The standard InChI is InChI=1S/C17H23FN6O.ClH/c1-17(2,3)24-21-15(20-22-24)8-16(25)23-9-12(14(19)10-23)11-6-4-5-7-13(11)18;/h4-7,12,14H,8-10,19H2,1-3H3;1H. The largest absolute Gasteiger partial charge is 0.340 e. The van der Waals surface area contributed by atoms with Crippen LogP contribution in [0.2, 0.25) is 0 Å². The van der Waals surface area contributed by atoms with E-state index in [2.05, 4.69) is 15.4 Å². The maximum atomic E-state index is 14.0. The molecule has 1 amide bonds. The zero-order chi connectivity index (χ0) is 18.2. The first kappa shape index (κ1) is 20.3. The number of hydrogen-bond donors (Lipinski definition) is 1. The van der Waals surface area contributed by atoms with Gasteiger partial charge in [-0.05, 0) is 37.6 Å². The third-order valence-electron chi connectivity index (χ3n) is 4.39. The molecule has 9 heteroatoms. The zero-order valence-electron chi connectivity index (χ0n) is 15.1. The van der Waals surface area contributed by atoms with Gasteiger partial charge in [-0.25, -0.2) is 4.39 Å². The number of nitrogens with two attached hydrogens (primary N) is 1. The van der Waals surface area contributed by atoms with E-state index in [0.717, 1.165) is 0 Å². The third kappa shape index (κ3) is 4.19. The van der Waals surface area contributed by atoms with Crippen LogP contribution < -0.4 is 5.73 Å². The molecule has 1 aromatic carbocycles. The number of benzene rings is 1. The van der Waals surface area contributed by atoms with E-state index in [-0.39, 0.29) is 48.1 Å². The molecule has 142 valence electrons. The Morgan fingerprint density at radius 2 is 2.00 bits per heavy atom. The van der Waals surface area contributed by atoms with Gasteiger partial charge in [0, 0.05) is 25.0 Å². The summed E-state index contributed by atoms with van der Waals surface area (Å²) in [6, 6.07) is 6.28. The highest BCUT2D eigenvalue weighted by atomic mass is 35.5. The lowest BCUT2D eigenvalue weighted by Crippen LogP contribution is -2.33. The molecule has 0 aliphatic carbocycles. The van der Waals surface area contributed by atoms with Gasteiger partial charge in [-0.3, -0.25) is 4.79 Å².